The van der Waals surface area contributed by atoms with E-state index < -0.39 is 11.7 Å². The number of hydrogen-bond acceptors (Lipinski definition) is 3. The average Bonchev–Trinajstić information content (AvgIpc) is 2.36. The molecule has 1 aromatic rings. The first-order chi connectivity index (χ1) is 9.78. The van der Waals surface area contributed by atoms with Crippen LogP contribution in [0.25, 0.3) is 0 Å². The summed E-state index contributed by atoms with van der Waals surface area (Å²) in [4.78, 5) is 24.0. The van der Waals surface area contributed by atoms with Crippen molar-refractivity contribution in [3.05, 3.63) is 35.4 Å². The summed E-state index contributed by atoms with van der Waals surface area (Å²) >= 11 is 0. The second-order valence-corrected chi connectivity index (χ2v) is 6.58. The summed E-state index contributed by atoms with van der Waals surface area (Å²) in [6, 6.07) is 7.65. The number of alkyl carbamates (subject to hydrolysis) is 1. The van der Waals surface area contributed by atoms with Crippen LogP contribution in [-0.4, -0.2) is 17.5 Å². The number of benzene rings is 1. The normalized spacial score (nSPS) is 21.3. The number of fused-ring (bicyclic) bond motifs is 1. The molecule has 0 bridgehead atoms. The van der Waals surface area contributed by atoms with Crippen LogP contribution in [0.5, 0.6) is 0 Å². The van der Waals surface area contributed by atoms with E-state index in [0.29, 0.717) is 0 Å². The lowest BCUT2D eigenvalue weighted by atomic mass is 9.78. The largest absolute Gasteiger partial charge is 0.444 e. The van der Waals surface area contributed by atoms with E-state index in [4.69, 9.17) is 4.74 Å². The second-order valence-electron chi connectivity index (χ2n) is 6.58. The van der Waals surface area contributed by atoms with E-state index in [-0.39, 0.29) is 17.7 Å². The third-order valence-electron chi connectivity index (χ3n) is 3.71. The molecule has 114 valence electrons. The van der Waals surface area contributed by atoms with E-state index in [0.717, 1.165) is 18.4 Å². The molecule has 0 saturated heterocycles. The lowest BCUT2D eigenvalue weighted by molar-refractivity contribution is -0.122. The van der Waals surface area contributed by atoms with Crippen LogP contribution in [0.4, 0.5) is 4.79 Å². The smallest absolute Gasteiger partial charge is 0.408 e. The zero-order valence-electron chi connectivity index (χ0n) is 13.1. The summed E-state index contributed by atoms with van der Waals surface area (Å²) in [7, 11) is 0. The van der Waals surface area contributed by atoms with Gasteiger partial charge in [0.15, 0.2) is 0 Å². The Morgan fingerprint density at radius 1 is 1.24 bits per heavy atom. The van der Waals surface area contributed by atoms with Gasteiger partial charge in [-0.2, -0.15) is 0 Å². The van der Waals surface area contributed by atoms with Gasteiger partial charge in [-0.25, -0.2) is 4.79 Å². The Hall–Kier alpha value is -1.84. The molecule has 0 aliphatic heterocycles. The fourth-order valence-corrected chi connectivity index (χ4v) is 2.81. The molecular formula is C17H23NO3. The molecule has 1 N–H and O–H groups in total. The van der Waals surface area contributed by atoms with Crippen molar-refractivity contribution in [2.45, 2.75) is 52.2 Å². The van der Waals surface area contributed by atoms with Crippen LogP contribution in [0.2, 0.25) is 0 Å². The predicted molar refractivity (Wildman–Crippen MR) is 81.0 cm³/mol. The molecule has 0 spiro atoms. The molecule has 0 radical (unpaired) electrons. The Kier molecular flexibility index (Phi) is 4.35. The van der Waals surface area contributed by atoms with Crippen LogP contribution in [0.3, 0.4) is 0 Å². The maximum atomic E-state index is 12.1. The fourth-order valence-electron chi connectivity index (χ4n) is 2.81. The van der Waals surface area contributed by atoms with Crippen LogP contribution in [0.15, 0.2) is 24.3 Å². The van der Waals surface area contributed by atoms with Gasteiger partial charge in [-0.15, -0.1) is 0 Å². The van der Waals surface area contributed by atoms with Gasteiger partial charge in [-0.1, -0.05) is 24.3 Å². The number of amides is 1. The molecule has 2 atom stereocenters. The summed E-state index contributed by atoms with van der Waals surface area (Å²) < 4.78 is 5.32. The van der Waals surface area contributed by atoms with E-state index in [2.05, 4.69) is 11.4 Å². The van der Waals surface area contributed by atoms with Gasteiger partial charge < -0.3 is 10.1 Å². The molecule has 0 heterocycles. The molecule has 1 amide bonds. The summed E-state index contributed by atoms with van der Waals surface area (Å²) in [6.07, 6.45) is 1.15. The van der Waals surface area contributed by atoms with Gasteiger partial charge in [0.05, 0.1) is 6.04 Å². The van der Waals surface area contributed by atoms with Crippen molar-refractivity contribution in [2.75, 3.05) is 0 Å². The standard InChI is InChI=1S/C17H23NO3/c1-11(19)13-10-9-12-7-5-6-8-14(12)15(13)18-16(20)21-17(2,3)4/h5-8,13,15H,9-10H2,1-4H3,(H,18,20)/t13-,15+/m0/s1. The van der Waals surface area contributed by atoms with Gasteiger partial charge >= 0.3 is 6.09 Å². The number of carbonyl (C=O) groups excluding carboxylic acids is 2. The number of nitrogens with one attached hydrogen (secondary N) is 1. The topological polar surface area (TPSA) is 55.4 Å². The lowest BCUT2D eigenvalue weighted by Crippen LogP contribution is -2.41. The first-order valence-corrected chi connectivity index (χ1v) is 7.36. The number of aryl methyl sites for hydroxylation is 1. The van der Waals surface area contributed by atoms with Crippen molar-refractivity contribution < 1.29 is 14.3 Å². The third kappa shape index (κ3) is 3.84. The minimum atomic E-state index is -0.552. The monoisotopic (exact) mass is 289 g/mol. The van der Waals surface area contributed by atoms with Gasteiger partial charge in [0.1, 0.15) is 11.4 Å². The maximum absolute atomic E-state index is 12.1. The summed E-state index contributed by atoms with van der Waals surface area (Å²) in [5.41, 5.74) is 1.66. The summed E-state index contributed by atoms with van der Waals surface area (Å²) in [5, 5.41) is 2.88. The van der Waals surface area contributed by atoms with Crippen LogP contribution >= 0.6 is 0 Å². The van der Waals surface area contributed by atoms with Gasteiger partial charge in [-0.05, 0) is 51.7 Å². The second kappa shape index (κ2) is 5.88. The number of Topliss-reactive ketones (excluding diaryl/α,β-unsaturated/α-hetero) is 1. The maximum Gasteiger partial charge on any atom is 0.408 e. The molecular weight excluding hydrogens is 266 g/mol. The minimum Gasteiger partial charge on any atom is -0.444 e. The Balaban J connectivity index is 2.24. The lowest BCUT2D eigenvalue weighted by Gasteiger charge is -2.33. The third-order valence-corrected chi connectivity index (χ3v) is 3.71. The van der Waals surface area contributed by atoms with E-state index >= 15 is 0 Å². The summed E-state index contributed by atoms with van der Waals surface area (Å²) in [5.74, 6) is -0.0852. The van der Waals surface area contributed by atoms with E-state index in [1.165, 1.54) is 5.56 Å². The van der Waals surface area contributed by atoms with Crippen LogP contribution in [0.1, 0.15) is 51.3 Å². The van der Waals surface area contributed by atoms with Crippen LogP contribution < -0.4 is 5.32 Å². The van der Waals surface area contributed by atoms with E-state index in [9.17, 15) is 9.59 Å². The molecule has 1 aromatic carbocycles. The fraction of sp³-hybridized carbons (Fsp3) is 0.529. The Morgan fingerprint density at radius 3 is 2.52 bits per heavy atom. The molecule has 1 aliphatic rings. The highest BCUT2D eigenvalue weighted by Gasteiger charge is 2.34. The van der Waals surface area contributed by atoms with Crippen LogP contribution in [0, 0.1) is 5.92 Å². The van der Waals surface area contributed by atoms with E-state index in [1.54, 1.807) is 6.92 Å². The molecule has 2 rings (SSSR count). The Morgan fingerprint density at radius 2 is 1.90 bits per heavy atom. The molecule has 0 unspecified atom stereocenters. The Bertz CT molecular complexity index is 545. The molecule has 21 heavy (non-hydrogen) atoms. The molecule has 4 nitrogen and oxygen atoms in total. The van der Waals surface area contributed by atoms with Crippen molar-refractivity contribution >= 4 is 11.9 Å². The van der Waals surface area contributed by atoms with Crippen molar-refractivity contribution in [2.24, 2.45) is 5.92 Å². The predicted octanol–water partition coefficient (Wildman–Crippen LogP) is 3.40. The zero-order valence-corrected chi connectivity index (χ0v) is 13.1. The number of ether oxygens (including phenoxy) is 1. The molecule has 4 heteroatoms. The van der Waals surface area contributed by atoms with Gasteiger partial charge in [0.2, 0.25) is 0 Å². The number of hydrogen-bond donors (Lipinski definition) is 1. The van der Waals surface area contributed by atoms with Gasteiger partial charge in [0.25, 0.3) is 0 Å². The molecule has 0 aromatic heterocycles. The number of carbonyl (C=O) groups is 2. The first kappa shape index (κ1) is 15.5. The highest BCUT2D eigenvalue weighted by molar-refractivity contribution is 5.81. The quantitative estimate of drug-likeness (QED) is 0.907. The highest BCUT2D eigenvalue weighted by Crippen LogP contribution is 2.35. The zero-order chi connectivity index (χ0) is 15.6. The van der Waals surface area contributed by atoms with Crippen molar-refractivity contribution in [1.29, 1.82) is 0 Å². The van der Waals surface area contributed by atoms with E-state index in [1.807, 2.05) is 39.0 Å². The summed E-state index contributed by atoms with van der Waals surface area (Å²) in [6.45, 7) is 7.06. The number of rotatable bonds is 2. The highest BCUT2D eigenvalue weighted by atomic mass is 16.6. The van der Waals surface area contributed by atoms with Gasteiger partial charge in [0, 0.05) is 5.92 Å². The number of ketones is 1. The van der Waals surface area contributed by atoms with Gasteiger partial charge in [-0.3, -0.25) is 4.79 Å². The van der Waals surface area contributed by atoms with Crippen molar-refractivity contribution in [1.82, 2.24) is 5.32 Å². The van der Waals surface area contributed by atoms with Crippen molar-refractivity contribution in [3.63, 3.8) is 0 Å². The first-order valence-electron chi connectivity index (χ1n) is 7.36. The molecule has 1 aliphatic carbocycles. The SMILES string of the molecule is CC(=O)[C@@H]1CCc2ccccc2[C@@H]1NC(=O)OC(C)(C)C. The minimum absolute atomic E-state index is 0.102. The van der Waals surface area contributed by atoms with Crippen molar-refractivity contribution in [3.8, 4) is 0 Å². The Labute approximate surface area is 125 Å². The molecule has 0 saturated carbocycles. The van der Waals surface area contributed by atoms with Crippen LogP contribution in [-0.2, 0) is 16.0 Å². The molecule has 0 fully saturated rings. The average molecular weight is 289 g/mol.